The lowest BCUT2D eigenvalue weighted by atomic mass is 9.78. The van der Waals surface area contributed by atoms with Crippen molar-refractivity contribution in [1.29, 1.82) is 0 Å². The smallest absolute Gasteiger partial charge is 0.224 e. The molecule has 0 radical (unpaired) electrons. The van der Waals surface area contributed by atoms with Gasteiger partial charge in [0, 0.05) is 37.8 Å². The third-order valence-electron chi connectivity index (χ3n) is 4.50. The Morgan fingerprint density at radius 3 is 2.79 bits per heavy atom. The molecule has 2 heterocycles. The predicted octanol–water partition coefficient (Wildman–Crippen LogP) is 2.75. The first-order valence-electron chi connectivity index (χ1n) is 8.51. The summed E-state index contributed by atoms with van der Waals surface area (Å²) in [4.78, 5) is 13.5. The van der Waals surface area contributed by atoms with Gasteiger partial charge in [-0.25, -0.2) is 4.98 Å². The first-order chi connectivity index (χ1) is 11.5. The molecule has 1 aliphatic rings. The van der Waals surface area contributed by atoms with Gasteiger partial charge in [-0.3, -0.25) is 0 Å². The Morgan fingerprint density at radius 1 is 1.21 bits per heavy atom. The van der Waals surface area contributed by atoms with E-state index in [0.29, 0.717) is 5.95 Å². The lowest BCUT2D eigenvalue weighted by Gasteiger charge is -2.40. The summed E-state index contributed by atoms with van der Waals surface area (Å²) in [6.45, 7) is 8.25. The number of nitrogens with one attached hydrogen (secondary N) is 1. The maximum Gasteiger partial charge on any atom is 0.224 e. The molecule has 1 aromatic carbocycles. The molecule has 0 atom stereocenters. The second kappa shape index (κ2) is 6.77. The summed E-state index contributed by atoms with van der Waals surface area (Å²) in [6.07, 6.45) is 1.84. The van der Waals surface area contributed by atoms with Gasteiger partial charge in [-0.2, -0.15) is 4.98 Å². The van der Waals surface area contributed by atoms with Crippen LogP contribution < -0.4 is 10.2 Å². The third-order valence-corrected chi connectivity index (χ3v) is 4.50. The van der Waals surface area contributed by atoms with Crippen LogP contribution in [-0.2, 0) is 12.0 Å². The highest BCUT2D eigenvalue weighted by molar-refractivity contribution is 5.49. The second-order valence-corrected chi connectivity index (χ2v) is 7.37. The average molecular weight is 325 g/mol. The van der Waals surface area contributed by atoms with Crippen LogP contribution >= 0.6 is 0 Å². The van der Waals surface area contributed by atoms with Crippen LogP contribution in [0.1, 0.15) is 25.0 Å². The van der Waals surface area contributed by atoms with Gasteiger partial charge in [0.15, 0.2) is 0 Å². The molecule has 0 saturated heterocycles. The van der Waals surface area contributed by atoms with Crippen LogP contribution in [0.25, 0.3) is 0 Å². The number of nitrogens with zero attached hydrogens (tertiary/aromatic N) is 4. The van der Waals surface area contributed by atoms with Crippen molar-refractivity contribution < 1.29 is 0 Å². The van der Waals surface area contributed by atoms with E-state index in [2.05, 4.69) is 72.3 Å². The van der Waals surface area contributed by atoms with Crippen molar-refractivity contribution >= 4 is 11.8 Å². The molecule has 0 spiro atoms. The predicted molar refractivity (Wildman–Crippen MR) is 99.6 cm³/mol. The maximum atomic E-state index is 4.72. The fourth-order valence-electron chi connectivity index (χ4n) is 3.31. The molecule has 0 unspecified atom stereocenters. The van der Waals surface area contributed by atoms with Gasteiger partial charge >= 0.3 is 0 Å². The molecule has 5 nitrogen and oxygen atoms in total. The van der Waals surface area contributed by atoms with Crippen molar-refractivity contribution in [1.82, 2.24) is 14.9 Å². The fourth-order valence-corrected chi connectivity index (χ4v) is 3.31. The molecule has 0 saturated carbocycles. The minimum Gasteiger partial charge on any atom is -0.353 e. The van der Waals surface area contributed by atoms with Gasteiger partial charge in [0.05, 0.1) is 0 Å². The van der Waals surface area contributed by atoms with Crippen LogP contribution in [0.15, 0.2) is 36.5 Å². The largest absolute Gasteiger partial charge is 0.353 e. The van der Waals surface area contributed by atoms with E-state index in [0.717, 1.165) is 32.0 Å². The van der Waals surface area contributed by atoms with Crippen LogP contribution in [0.3, 0.4) is 0 Å². The Morgan fingerprint density at radius 2 is 2.00 bits per heavy atom. The first-order valence-corrected chi connectivity index (χ1v) is 8.51. The van der Waals surface area contributed by atoms with Crippen LogP contribution in [0.5, 0.6) is 0 Å². The molecule has 0 aliphatic carbocycles. The molecule has 0 bridgehead atoms. The molecule has 0 fully saturated rings. The van der Waals surface area contributed by atoms with E-state index in [9.17, 15) is 0 Å². The summed E-state index contributed by atoms with van der Waals surface area (Å²) < 4.78 is 0. The number of rotatable bonds is 5. The van der Waals surface area contributed by atoms with Crippen molar-refractivity contribution in [2.45, 2.75) is 25.8 Å². The normalized spacial score (nSPS) is 16.1. The third kappa shape index (κ3) is 3.67. The number of hydrogen-bond donors (Lipinski definition) is 1. The Hall–Kier alpha value is -2.14. The molecular formula is C19H27N5. The van der Waals surface area contributed by atoms with Gasteiger partial charge in [-0.1, -0.05) is 38.1 Å². The fraction of sp³-hybridized carbons (Fsp3) is 0.474. The molecule has 2 aromatic rings. The Bertz CT molecular complexity index is 696. The molecule has 3 rings (SSSR count). The van der Waals surface area contributed by atoms with Crippen molar-refractivity contribution in [3.63, 3.8) is 0 Å². The molecule has 0 amide bonds. The van der Waals surface area contributed by atoms with Crippen LogP contribution in [0, 0.1) is 0 Å². The summed E-state index contributed by atoms with van der Waals surface area (Å²) >= 11 is 0. The minimum absolute atomic E-state index is 0.109. The highest BCUT2D eigenvalue weighted by Gasteiger charge is 2.31. The quantitative estimate of drug-likeness (QED) is 0.916. The number of likely N-dealkylation sites (N-methyl/N-ethyl adjacent to an activating group) is 1. The number of anilines is 2. The SMILES string of the molecule is CN(C)CCNc1nccc(N2Cc3ccccc3C(C)(C)C2)n1. The molecule has 5 heteroatoms. The van der Waals surface area contributed by atoms with Gasteiger partial charge in [0.1, 0.15) is 5.82 Å². The van der Waals surface area contributed by atoms with E-state index < -0.39 is 0 Å². The lowest BCUT2D eigenvalue weighted by molar-refractivity contribution is 0.425. The van der Waals surface area contributed by atoms with Crippen LogP contribution in [-0.4, -0.2) is 48.6 Å². The molecule has 1 aliphatic heterocycles. The maximum absolute atomic E-state index is 4.72. The summed E-state index contributed by atoms with van der Waals surface area (Å²) in [5.74, 6) is 1.69. The average Bonchev–Trinajstić information content (AvgIpc) is 2.54. The van der Waals surface area contributed by atoms with Gasteiger partial charge in [0.2, 0.25) is 5.95 Å². The highest BCUT2D eigenvalue weighted by Crippen LogP contribution is 2.34. The zero-order valence-electron chi connectivity index (χ0n) is 15.1. The standard InChI is InChI=1S/C19H27N5/c1-19(2)14-24(13-15-7-5-6-8-16(15)19)17-9-10-20-18(22-17)21-11-12-23(3)4/h5-10H,11-14H2,1-4H3,(H,20,21,22). The highest BCUT2D eigenvalue weighted by atomic mass is 15.2. The summed E-state index contributed by atoms with van der Waals surface area (Å²) in [5, 5.41) is 3.30. The van der Waals surface area contributed by atoms with Gasteiger partial charge in [-0.05, 0) is 31.3 Å². The molecule has 1 N–H and O–H groups in total. The lowest BCUT2D eigenvalue weighted by Crippen LogP contribution is -2.42. The van der Waals surface area contributed by atoms with E-state index in [-0.39, 0.29) is 5.41 Å². The monoisotopic (exact) mass is 325 g/mol. The summed E-state index contributed by atoms with van der Waals surface area (Å²) in [6, 6.07) is 10.7. The van der Waals surface area contributed by atoms with Crippen molar-refractivity contribution in [3.05, 3.63) is 47.7 Å². The van der Waals surface area contributed by atoms with Crippen LogP contribution in [0.4, 0.5) is 11.8 Å². The van der Waals surface area contributed by atoms with Crippen LogP contribution in [0.2, 0.25) is 0 Å². The Balaban J connectivity index is 1.78. The van der Waals surface area contributed by atoms with Crippen molar-refractivity contribution in [2.24, 2.45) is 0 Å². The zero-order valence-corrected chi connectivity index (χ0v) is 15.1. The van der Waals surface area contributed by atoms with Gasteiger partial charge in [-0.15, -0.1) is 0 Å². The zero-order chi connectivity index (χ0) is 17.2. The topological polar surface area (TPSA) is 44.3 Å². The number of hydrogen-bond acceptors (Lipinski definition) is 5. The summed E-state index contributed by atoms with van der Waals surface area (Å²) in [5.41, 5.74) is 2.94. The summed E-state index contributed by atoms with van der Waals surface area (Å²) in [7, 11) is 4.12. The van der Waals surface area contributed by atoms with Gasteiger partial charge in [0.25, 0.3) is 0 Å². The van der Waals surface area contributed by atoms with E-state index >= 15 is 0 Å². The van der Waals surface area contributed by atoms with Crippen molar-refractivity contribution in [3.8, 4) is 0 Å². The van der Waals surface area contributed by atoms with E-state index in [1.54, 1.807) is 0 Å². The molecule has 1 aromatic heterocycles. The van der Waals surface area contributed by atoms with E-state index in [4.69, 9.17) is 4.98 Å². The Kier molecular flexibility index (Phi) is 4.71. The minimum atomic E-state index is 0.109. The molecular weight excluding hydrogens is 298 g/mol. The number of benzene rings is 1. The van der Waals surface area contributed by atoms with Gasteiger partial charge < -0.3 is 15.1 Å². The van der Waals surface area contributed by atoms with E-state index in [1.165, 1.54) is 11.1 Å². The van der Waals surface area contributed by atoms with Crippen molar-refractivity contribution in [2.75, 3.05) is 43.9 Å². The number of fused-ring (bicyclic) bond motifs is 1. The molecule has 24 heavy (non-hydrogen) atoms. The number of aromatic nitrogens is 2. The molecule has 128 valence electrons. The Labute approximate surface area is 144 Å². The second-order valence-electron chi connectivity index (χ2n) is 7.37. The van der Waals surface area contributed by atoms with E-state index in [1.807, 2.05) is 12.3 Å². The first kappa shape index (κ1) is 16.7.